The minimum atomic E-state index is -0.565. The Morgan fingerprint density at radius 3 is 2.23 bits per heavy atom. The number of ether oxygens (including phenoxy) is 6. The third kappa shape index (κ3) is 16.6. The Morgan fingerprint density at radius 2 is 1.51 bits per heavy atom. The molecule has 0 radical (unpaired) electrons. The number of nitrogens with one attached hydrogen (secondary N) is 2. The second-order valence-electron chi connectivity index (χ2n) is 13.6. The van der Waals surface area contributed by atoms with Crippen LogP contribution in [0.25, 0.3) is 10.9 Å². The summed E-state index contributed by atoms with van der Waals surface area (Å²) in [5.74, 6) is 1.99. The normalized spacial score (nSPS) is 13.3. The van der Waals surface area contributed by atoms with Crippen LogP contribution in [0.1, 0.15) is 57.2 Å². The van der Waals surface area contributed by atoms with Crippen LogP contribution in [-0.4, -0.2) is 131 Å². The molecule has 13 nitrogen and oxygen atoms in total. The van der Waals surface area contributed by atoms with Crippen molar-refractivity contribution >= 4 is 28.5 Å². The molecule has 0 bridgehead atoms. The molecule has 3 heterocycles. The number of esters is 1. The summed E-state index contributed by atoms with van der Waals surface area (Å²) in [6.45, 7) is 13.3. The zero-order valence-corrected chi connectivity index (χ0v) is 32.2. The zero-order valence-electron chi connectivity index (χ0n) is 32.2. The van der Waals surface area contributed by atoms with Crippen molar-refractivity contribution in [3.63, 3.8) is 0 Å². The van der Waals surface area contributed by atoms with Gasteiger partial charge in [0.1, 0.15) is 24.0 Å². The Kier molecular flexibility index (Phi) is 20.4. The maximum Gasteiger partial charge on any atom is 0.328 e. The number of anilines is 2. The summed E-state index contributed by atoms with van der Waals surface area (Å²) in [4.78, 5) is 28.9. The van der Waals surface area contributed by atoms with E-state index in [0.717, 1.165) is 87.2 Å². The van der Waals surface area contributed by atoms with Crippen molar-refractivity contribution < 1.29 is 33.2 Å². The summed E-state index contributed by atoms with van der Waals surface area (Å²) in [6, 6.07) is 11.6. The van der Waals surface area contributed by atoms with E-state index in [0.29, 0.717) is 84.2 Å². The van der Waals surface area contributed by atoms with Gasteiger partial charge in [-0.25, -0.2) is 19.7 Å². The molecule has 1 aliphatic rings. The fraction of sp³-hybridized carbons (Fsp3) is 0.650. The van der Waals surface area contributed by atoms with Gasteiger partial charge in [-0.1, -0.05) is 32.0 Å². The quantitative estimate of drug-likeness (QED) is 0.0716. The smallest absolute Gasteiger partial charge is 0.328 e. The van der Waals surface area contributed by atoms with Crippen LogP contribution in [0.15, 0.2) is 42.7 Å². The van der Waals surface area contributed by atoms with Gasteiger partial charge in [-0.3, -0.25) is 0 Å². The maximum atomic E-state index is 12.9. The number of rotatable bonds is 29. The van der Waals surface area contributed by atoms with E-state index in [9.17, 15) is 4.79 Å². The number of hydrogen-bond donors (Lipinski definition) is 2. The first-order chi connectivity index (χ1) is 26.0. The number of nitrogens with zero attached hydrogens (tertiary/aromatic N) is 4. The number of hydrogen-bond acceptors (Lipinski definition) is 13. The number of unbranched alkanes of at least 4 members (excludes halogenated alkanes) is 1. The van der Waals surface area contributed by atoms with E-state index in [2.05, 4.69) is 51.5 Å². The molecule has 3 aromatic rings. The average molecular weight is 739 g/mol. The van der Waals surface area contributed by atoms with Gasteiger partial charge >= 0.3 is 5.97 Å². The lowest BCUT2D eigenvalue weighted by molar-refractivity contribution is -0.141. The molecule has 2 aromatic heterocycles. The molecular formula is C40H62N6O7. The number of fused-ring (bicyclic) bond motifs is 2. The third-order valence-corrected chi connectivity index (χ3v) is 9.06. The van der Waals surface area contributed by atoms with Gasteiger partial charge in [-0.2, -0.15) is 0 Å². The molecule has 0 amide bonds. The van der Waals surface area contributed by atoms with Crippen molar-refractivity contribution in [2.24, 2.45) is 5.92 Å². The van der Waals surface area contributed by atoms with E-state index in [4.69, 9.17) is 33.4 Å². The van der Waals surface area contributed by atoms with Crippen LogP contribution >= 0.6 is 0 Å². The molecule has 13 heteroatoms. The summed E-state index contributed by atoms with van der Waals surface area (Å²) in [6.07, 6.45) is 8.31. The van der Waals surface area contributed by atoms with Crippen molar-refractivity contribution in [3.05, 3.63) is 54.0 Å². The minimum absolute atomic E-state index is 0.327. The molecule has 2 N–H and O–H groups in total. The van der Waals surface area contributed by atoms with E-state index < -0.39 is 6.04 Å². The topological polar surface area (TPSA) is 138 Å². The van der Waals surface area contributed by atoms with E-state index in [1.807, 2.05) is 24.3 Å². The number of carbonyl (C=O) groups is 1. The highest BCUT2D eigenvalue weighted by molar-refractivity contribution is 5.90. The second-order valence-corrected chi connectivity index (χ2v) is 13.6. The Balaban J connectivity index is 1.16. The number of benzene rings is 1. The number of aromatic nitrogens is 3. The van der Waals surface area contributed by atoms with E-state index >= 15 is 0 Å². The molecule has 1 aromatic carbocycles. The van der Waals surface area contributed by atoms with Gasteiger partial charge in [-0.05, 0) is 81.2 Å². The van der Waals surface area contributed by atoms with Gasteiger partial charge < -0.3 is 44.0 Å². The molecule has 0 saturated carbocycles. The molecular weight excluding hydrogens is 676 g/mol. The van der Waals surface area contributed by atoms with Crippen LogP contribution < -0.4 is 10.6 Å². The van der Waals surface area contributed by atoms with Crippen molar-refractivity contribution in [2.75, 3.05) is 110 Å². The summed E-state index contributed by atoms with van der Waals surface area (Å²) >= 11 is 0. The highest BCUT2D eigenvalue weighted by atomic mass is 16.6. The van der Waals surface area contributed by atoms with Gasteiger partial charge in [0.25, 0.3) is 0 Å². The molecule has 0 aliphatic carbocycles. The zero-order chi connectivity index (χ0) is 37.4. The van der Waals surface area contributed by atoms with Gasteiger partial charge in [-0.15, -0.1) is 0 Å². The number of para-hydroxylation sites is 1. The lowest BCUT2D eigenvalue weighted by atomic mass is 10.1. The van der Waals surface area contributed by atoms with Gasteiger partial charge in [0.05, 0.1) is 72.1 Å². The van der Waals surface area contributed by atoms with Crippen molar-refractivity contribution in [1.29, 1.82) is 0 Å². The van der Waals surface area contributed by atoms with Crippen LogP contribution in [0, 0.1) is 5.92 Å². The highest BCUT2D eigenvalue weighted by Crippen LogP contribution is 2.22. The summed E-state index contributed by atoms with van der Waals surface area (Å²) in [5.41, 5.74) is 3.24. The Hall–Kier alpha value is -3.46. The van der Waals surface area contributed by atoms with Crippen LogP contribution in [0.3, 0.4) is 0 Å². The molecule has 1 atom stereocenters. The number of methoxy groups -OCH3 is 1. The van der Waals surface area contributed by atoms with Gasteiger partial charge in [0, 0.05) is 37.3 Å². The van der Waals surface area contributed by atoms with Crippen molar-refractivity contribution in [3.8, 4) is 0 Å². The average Bonchev–Trinajstić information content (AvgIpc) is 3.18. The maximum absolute atomic E-state index is 12.9. The monoisotopic (exact) mass is 738 g/mol. The SMILES string of the molecule is COC(=O)[C@H](CCN(CCCCc1ccc2c(n1)NCCC2)CCOCCOCCOCCOCCOCCC(C)C)Nc1ncnc2ccccc12. The van der Waals surface area contributed by atoms with Crippen molar-refractivity contribution in [1.82, 2.24) is 19.9 Å². The number of pyridine rings is 1. The fourth-order valence-corrected chi connectivity index (χ4v) is 5.97. The van der Waals surface area contributed by atoms with Crippen LogP contribution in [0.2, 0.25) is 0 Å². The van der Waals surface area contributed by atoms with E-state index in [-0.39, 0.29) is 5.97 Å². The van der Waals surface area contributed by atoms with E-state index in [1.165, 1.54) is 19.0 Å². The minimum Gasteiger partial charge on any atom is -0.467 e. The lowest BCUT2D eigenvalue weighted by Gasteiger charge is -2.25. The number of aryl methyl sites for hydroxylation is 2. The molecule has 4 rings (SSSR count). The van der Waals surface area contributed by atoms with Crippen LogP contribution in [0.5, 0.6) is 0 Å². The second kappa shape index (κ2) is 25.5. The Labute approximate surface area is 315 Å². The first kappa shape index (κ1) is 42.3. The molecule has 1 aliphatic heterocycles. The number of carbonyl (C=O) groups excluding carboxylic acids is 1. The molecule has 0 saturated heterocycles. The highest BCUT2D eigenvalue weighted by Gasteiger charge is 2.22. The lowest BCUT2D eigenvalue weighted by Crippen LogP contribution is -2.37. The Morgan fingerprint density at radius 1 is 0.811 bits per heavy atom. The van der Waals surface area contributed by atoms with E-state index in [1.54, 1.807) is 0 Å². The summed E-state index contributed by atoms with van der Waals surface area (Å²) in [7, 11) is 1.42. The van der Waals surface area contributed by atoms with Crippen LogP contribution in [0.4, 0.5) is 11.6 Å². The predicted molar refractivity (Wildman–Crippen MR) is 208 cm³/mol. The molecule has 294 valence electrons. The molecule has 0 spiro atoms. The van der Waals surface area contributed by atoms with Crippen molar-refractivity contribution in [2.45, 2.75) is 64.8 Å². The standard InChI is InChI=1S/C40H62N6O7/c1-32(2)16-21-49-23-25-51-27-29-53-30-28-52-26-24-50-22-20-46(18-7-6-10-34-14-13-33-9-8-17-41-38(33)44-34)19-15-37(40(47)48-3)45-39-35-11-4-5-12-36(35)42-31-43-39/h4-5,11-14,31-32,37H,6-10,15-30H2,1-3H3,(H,41,44)(H,42,43,45)/t37-/m0/s1. The fourth-order valence-electron chi connectivity index (χ4n) is 5.97. The molecule has 0 fully saturated rings. The molecule has 53 heavy (non-hydrogen) atoms. The predicted octanol–water partition coefficient (Wildman–Crippen LogP) is 5.18. The first-order valence-electron chi connectivity index (χ1n) is 19.4. The van der Waals surface area contributed by atoms with Crippen LogP contribution in [-0.2, 0) is 46.1 Å². The largest absolute Gasteiger partial charge is 0.467 e. The Bertz CT molecular complexity index is 1440. The van der Waals surface area contributed by atoms with Gasteiger partial charge in [0.15, 0.2) is 0 Å². The molecule has 0 unspecified atom stereocenters. The van der Waals surface area contributed by atoms with Gasteiger partial charge in [0.2, 0.25) is 0 Å². The summed E-state index contributed by atoms with van der Waals surface area (Å²) < 4.78 is 33.5. The first-order valence-corrected chi connectivity index (χ1v) is 19.4. The third-order valence-electron chi connectivity index (χ3n) is 9.06. The summed E-state index contributed by atoms with van der Waals surface area (Å²) in [5, 5.41) is 7.63.